The summed E-state index contributed by atoms with van der Waals surface area (Å²) in [6.45, 7) is 2.98. The van der Waals surface area contributed by atoms with Gasteiger partial charge < -0.3 is 15.1 Å². The Morgan fingerprint density at radius 2 is 1.67 bits per heavy atom. The topological polar surface area (TPSA) is 69.7 Å². The van der Waals surface area contributed by atoms with Crippen molar-refractivity contribution in [2.24, 2.45) is 0 Å². The van der Waals surface area contributed by atoms with Gasteiger partial charge in [0.2, 0.25) is 0 Å². The van der Waals surface area contributed by atoms with Crippen LogP contribution in [-0.4, -0.2) is 48.7 Å². The number of nitrogens with zero attached hydrogens (tertiary/aromatic N) is 2. The fraction of sp³-hybridized carbons (Fsp3) is 0.250. The Bertz CT molecular complexity index is 876. The number of Topliss-reactive ketones (excluding diaryl/α,β-unsaturated/α-hetero) is 1. The van der Waals surface area contributed by atoms with Gasteiger partial charge in [-0.15, -0.1) is 0 Å². The van der Waals surface area contributed by atoms with Crippen LogP contribution in [0.3, 0.4) is 0 Å². The third-order valence-corrected chi connectivity index (χ3v) is 4.48. The molecular weight excluding hydrogens is 349 g/mol. The molecule has 140 valence electrons. The number of ketones is 1. The number of piperazine rings is 1. The second-order valence-corrected chi connectivity index (χ2v) is 6.32. The van der Waals surface area contributed by atoms with Gasteiger partial charge in [0.15, 0.2) is 5.78 Å². The zero-order chi connectivity index (χ0) is 19.4. The molecule has 7 heteroatoms. The van der Waals surface area contributed by atoms with E-state index in [4.69, 9.17) is 0 Å². The second kappa shape index (κ2) is 7.99. The number of amides is 2. The van der Waals surface area contributed by atoms with Crippen LogP contribution in [0, 0.1) is 5.82 Å². The molecule has 2 aromatic carbocycles. The summed E-state index contributed by atoms with van der Waals surface area (Å²) in [5.41, 5.74) is 1.35. The van der Waals surface area contributed by atoms with Crippen LogP contribution in [0.4, 0.5) is 15.8 Å². The van der Waals surface area contributed by atoms with Crippen LogP contribution in [0.2, 0.25) is 0 Å². The first-order valence-electron chi connectivity index (χ1n) is 8.66. The maximum absolute atomic E-state index is 13.9. The zero-order valence-electron chi connectivity index (χ0n) is 14.9. The zero-order valence-corrected chi connectivity index (χ0v) is 14.9. The Morgan fingerprint density at radius 1 is 0.963 bits per heavy atom. The van der Waals surface area contributed by atoms with Crippen molar-refractivity contribution in [1.29, 1.82) is 0 Å². The summed E-state index contributed by atoms with van der Waals surface area (Å²) >= 11 is 0. The Morgan fingerprint density at radius 3 is 2.33 bits per heavy atom. The summed E-state index contributed by atoms with van der Waals surface area (Å²) in [6.07, 6.45) is 0. The van der Waals surface area contributed by atoms with Gasteiger partial charge >= 0.3 is 11.8 Å². The van der Waals surface area contributed by atoms with Crippen LogP contribution < -0.4 is 10.2 Å². The van der Waals surface area contributed by atoms with E-state index in [1.165, 1.54) is 24.0 Å². The number of carbonyl (C=O) groups excluding carboxylic acids is 3. The normalized spacial score (nSPS) is 14.0. The van der Waals surface area contributed by atoms with Gasteiger partial charge in [-0.2, -0.15) is 0 Å². The van der Waals surface area contributed by atoms with Crippen molar-refractivity contribution in [3.05, 3.63) is 59.9 Å². The van der Waals surface area contributed by atoms with Gasteiger partial charge in [-0.05, 0) is 31.2 Å². The highest BCUT2D eigenvalue weighted by atomic mass is 19.1. The molecule has 0 bridgehead atoms. The van der Waals surface area contributed by atoms with Crippen molar-refractivity contribution >= 4 is 29.0 Å². The molecule has 0 unspecified atom stereocenters. The molecular formula is C20H20FN3O3. The first-order valence-corrected chi connectivity index (χ1v) is 8.66. The minimum absolute atomic E-state index is 0.123. The van der Waals surface area contributed by atoms with Crippen molar-refractivity contribution in [3.8, 4) is 0 Å². The third kappa shape index (κ3) is 4.31. The second-order valence-electron chi connectivity index (χ2n) is 6.32. The highest BCUT2D eigenvalue weighted by Gasteiger charge is 2.27. The Hall–Kier alpha value is -3.22. The highest BCUT2D eigenvalue weighted by Crippen LogP contribution is 2.20. The van der Waals surface area contributed by atoms with E-state index >= 15 is 0 Å². The summed E-state index contributed by atoms with van der Waals surface area (Å²) in [4.78, 5) is 39.3. The van der Waals surface area contributed by atoms with E-state index in [2.05, 4.69) is 5.32 Å². The SMILES string of the molecule is CC(=O)c1cccc(NC(=O)C(=O)N2CCN(c3ccccc3F)CC2)c1. The Kier molecular flexibility index (Phi) is 5.49. The van der Waals surface area contributed by atoms with Crippen molar-refractivity contribution in [3.63, 3.8) is 0 Å². The lowest BCUT2D eigenvalue weighted by Gasteiger charge is -2.35. The number of anilines is 2. The van der Waals surface area contributed by atoms with E-state index in [0.717, 1.165) is 0 Å². The van der Waals surface area contributed by atoms with Crippen molar-refractivity contribution < 1.29 is 18.8 Å². The summed E-state index contributed by atoms with van der Waals surface area (Å²) in [5.74, 6) is -1.83. The molecule has 1 saturated heterocycles. The van der Waals surface area contributed by atoms with E-state index in [0.29, 0.717) is 43.1 Å². The molecule has 27 heavy (non-hydrogen) atoms. The first-order chi connectivity index (χ1) is 13.0. The van der Waals surface area contributed by atoms with E-state index in [1.807, 2.05) is 4.90 Å². The molecule has 0 radical (unpaired) electrons. The van der Waals surface area contributed by atoms with E-state index in [9.17, 15) is 18.8 Å². The lowest BCUT2D eigenvalue weighted by molar-refractivity contribution is -0.143. The molecule has 0 atom stereocenters. The van der Waals surface area contributed by atoms with Gasteiger partial charge in [0, 0.05) is 37.4 Å². The lowest BCUT2D eigenvalue weighted by Crippen LogP contribution is -2.51. The van der Waals surface area contributed by atoms with Crippen molar-refractivity contribution in [2.75, 3.05) is 36.4 Å². The van der Waals surface area contributed by atoms with Gasteiger partial charge in [-0.3, -0.25) is 14.4 Å². The molecule has 1 aliphatic heterocycles. The lowest BCUT2D eigenvalue weighted by atomic mass is 10.1. The van der Waals surface area contributed by atoms with Gasteiger partial charge in [-0.25, -0.2) is 4.39 Å². The van der Waals surface area contributed by atoms with Crippen LogP contribution in [-0.2, 0) is 9.59 Å². The summed E-state index contributed by atoms with van der Waals surface area (Å²) < 4.78 is 13.9. The molecule has 6 nitrogen and oxygen atoms in total. The number of hydrogen-bond acceptors (Lipinski definition) is 4. The van der Waals surface area contributed by atoms with Crippen molar-refractivity contribution in [2.45, 2.75) is 6.92 Å². The van der Waals surface area contributed by atoms with Crippen LogP contribution in [0.1, 0.15) is 17.3 Å². The third-order valence-electron chi connectivity index (χ3n) is 4.48. The molecule has 1 aliphatic rings. The smallest absolute Gasteiger partial charge is 0.313 e. The molecule has 0 spiro atoms. The number of nitrogens with one attached hydrogen (secondary N) is 1. The molecule has 1 fully saturated rings. The van der Waals surface area contributed by atoms with Crippen LogP contribution in [0.5, 0.6) is 0 Å². The van der Waals surface area contributed by atoms with Gasteiger partial charge in [0.1, 0.15) is 5.82 Å². The molecule has 0 saturated carbocycles. The number of halogens is 1. The molecule has 1 heterocycles. The average Bonchev–Trinajstić information content (AvgIpc) is 2.68. The van der Waals surface area contributed by atoms with Crippen LogP contribution in [0.15, 0.2) is 48.5 Å². The number of para-hydroxylation sites is 1. The molecule has 2 amide bonds. The fourth-order valence-electron chi connectivity index (χ4n) is 3.00. The molecule has 0 aliphatic carbocycles. The molecule has 0 aromatic heterocycles. The molecule has 1 N–H and O–H groups in total. The summed E-state index contributed by atoms with van der Waals surface area (Å²) in [5, 5.41) is 2.53. The predicted octanol–water partition coefficient (Wildman–Crippen LogP) is 2.32. The van der Waals surface area contributed by atoms with Gasteiger partial charge in [0.25, 0.3) is 0 Å². The maximum atomic E-state index is 13.9. The first kappa shape index (κ1) is 18.6. The fourth-order valence-corrected chi connectivity index (χ4v) is 3.00. The highest BCUT2D eigenvalue weighted by molar-refractivity contribution is 6.39. The number of rotatable bonds is 3. The van der Waals surface area contributed by atoms with Crippen LogP contribution >= 0.6 is 0 Å². The largest absolute Gasteiger partial charge is 0.366 e. The number of hydrogen-bond donors (Lipinski definition) is 1. The molecule has 2 aromatic rings. The monoisotopic (exact) mass is 369 g/mol. The average molecular weight is 369 g/mol. The van der Waals surface area contributed by atoms with Gasteiger partial charge in [-0.1, -0.05) is 24.3 Å². The van der Waals surface area contributed by atoms with E-state index in [-0.39, 0.29) is 11.6 Å². The minimum atomic E-state index is -0.755. The van der Waals surface area contributed by atoms with Crippen LogP contribution in [0.25, 0.3) is 0 Å². The van der Waals surface area contributed by atoms with Crippen molar-refractivity contribution in [1.82, 2.24) is 4.90 Å². The Labute approximate surface area is 156 Å². The summed E-state index contributed by atoms with van der Waals surface area (Å²) in [6, 6.07) is 12.9. The quantitative estimate of drug-likeness (QED) is 0.666. The minimum Gasteiger partial charge on any atom is -0.366 e. The number of benzene rings is 2. The summed E-state index contributed by atoms with van der Waals surface area (Å²) in [7, 11) is 0. The van der Waals surface area contributed by atoms with E-state index in [1.54, 1.807) is 36.4 Å². The van der Waals surface area contributed by atoms with E-state index < -0.39 is 11.8 Å². The standard InChI is InChI=1S/C20H20FN3O3/c1-14(25)15-5-4-6-16(13-15)22-19(26)20(27)24-11-9-23(10-12-24)18-8-3-2-7-17(18)21/h2-8,13H,9-12H2,1H3,(H,22,26). The predicted molar refractivity (Wildman–Crippen MR) is 100 cm³/mol. The Balaban J connectivity index is 1.59. The molecule has 3 rings (SSSR count). The van der Waals surface area contributed by atoms with Gasteiger partial charge in [0.05, 0.1) is 5.69 Å². The number of carbonyl (C=O) groups is 3. The maximum Gasteiger partial charge on any atom is 0.313 e.